The summed E-state index contributed by atoms with van der Waals surface area (Å²) in [5.74, 6) is -0.854. The first-order valence-corrected chi connectivity index (χ1v) is 8.58. The molecule has 0 spiro atoms. The average Bonchev–Trinajstić information content (AvgIpc) is 3.21. The third kappa shape index (κ3) is 2.90. The van der Waals surface area contributed by atoms with Gasteiger partial charge in [0.25, 0.3) is 0 Å². The number of anilines is 1. The lowest BCUT2D eigenvalue weighted by atomic mass is 9.96. The van der Waals surface area contributed by atoms with Gasteiger partial charge in [0.1, 0.15) is 5.82 Å². The van der Waals surface area contributed by atoms with Gasteiger partial charge in [-0.2, -0.15) is 0 Å². The molecule has 2 aromatic carbocycles. The van der Waals surface area contributed by atoms with Crippen molar-refractivity contribution in [1.82, 2.24) is 4.90 Å². The van der Waals surface area contributed by atoms with Crippen LogP contribution < -0.4 is 5.32 Å². The van der Waals surface area contributed by atoms with Gasteiger partial charge in [-0.25, -0.2) is 4.39 Å². The number of likely N-dealkylation sites (tertiary alicyclic amines) is 1. The molecule has 128 valence electrons. The van der Waals surface area contributed by atoms with E-state index in [2.05, 4.69) is 5.32 Å². The Morgan fingerprint density at radius 1 is 1.16 bits per heavy atom. The van der Waals surface area contributed by atoms with Crippen LogP contribution in [0.5, 0.6) is 0 Å². The van der Waals surface area contributed by atoms with Crippen LogP contribution in [0.3, 0.4) is 0 Å². The van der Waals surface area contributed by atoms with Crippen LogP contribution in [0.15, 0.2) is 48.5 Å². The van der Waals surface area contributed by atoms with Crippen molar-refractivity contribution < 1.29 is 14.0 Å². The molecule has 2 amide bonds. The Morgan fingerprint density at radius 2 is 1.92 bits per heavy atom. The van der Waals surface area contributed by atoms with Crippen molar-refractivity contribution in [3.63, 3.8) is 0 Å². The second-order valence-corrected chi connectivity index (χ2v) is 6.63. The second-order valence-electron chi connectivity index (χ2n) is 6.63. The van der Waals surface area contributed by atoms with E-state index in [4.69, 9.17) is 0 Å². The van der Waals surface area contributed by atoms with Crippen LogP contribution in [0.4, 0.5) is 10.1 Å². The predicted octanol–water partition coefficient (Wildman–Crippen LogP) is 3.62. The van der Waals surface area contributed by atoms with Gasteiger partial charge in [-0.1, -0.05) is 30.3 Å². The molecule has 2 unspecified atom stereocenters. The number of rotatable bonds is 3. The van der Waals surface area contributed by atoms with Crippen LogP contribution in [0.25, 0.3) is 0 Å². The maximum absolute atomic E-state index is 13.2. The number of carbonyl (C=O) groups is 2. The lowest BCUT2D eigenvalue weighted by molar-refractivity contribution is -0.134. The fourth-order valence-electron chi connectivity index (χ4n) is 3.87. The van der Waals surface area contributed by atoms with Crippen LogP contribution in [0, 0.1) is 5.82 Å². The van der Waals surface area contributed by atoms with E-state index < -0.39 is 5.92 Å². The summed E-state index contributed by atoms with van der Waals surface area (Å²) in [7, 11) is 0. The summed E-state index contributed by atoms with van der Waals surface area (Å²) in [6.07, 6.45) is 1.95. The number of carbonyl (C=O) groups excluding carboxylic acids is 2. The molecule has 0 aromatic heterocycles. The van der Waals surface area contributed by atoms with E-state index in [0.717, 1.165) is 29.7 Å². The Balaban J connectivity index is 1.53. The van der Waals surface area contributed by atoms with Crippen molar-refractivity contribution in [3.05, 3.63) is 65.5 Å². The Kier molecular flexibility index (Phi) is 3.99. The molecule has 4 rings (SSSR count). The SMILES string of the molecule is O=C1Nc2ccccc2C1CC(=O)N1CCCC1c1ccc(F)cc1. The number of benzene rings is 2. The zero-order valence-electron chi connectivity index (χ0n) is 13.7. The van der Waals surface area contributed by atoms with Gasteiger partial charge in [-0.15, -0.1) is 0 Å². The van der Waals surface area contributed by atoms with Gasteiger partial charge in [-0.05, 0) is 42.2 Å². The van der Waals surface area contributed by atoms with Gasteiger partial charge >= 0.3 is 0 Å². The third-order valence-corrected chi connectivity index (χ3v) is 5.12. The third-order valence-electron chi connectivity index (χ3n) is 5.12. The predicted molar refractivity (Wildman–Crippen MR) is 92.5 cm³/mol. The second kappa shape index (κ2) is 6.31. The van der Waals surface area contributed by atoms with Crippen molar-refractivity contribution in [2.75, 3.05) is 11.9 Å². The fourth-order valence-corrected chi connectivity index (χ4v) is 3.87. The standard InChI is InChI=1S/C20H19FN2O2/c21-14-9-7-13(8-10-14)18-6-3-11-23(18)19(24)12-16-15-4-1-2-5-17(15)22-20(16)25/h1-2,4-5,7-10,16,18H,3,6,11-12H2,(H,22,25). The number of hydrogen-bond donors (Lipinski definition) is 1. The van der Waals surface area contributed by atoms with E-state index in [1.807, 2.05) is 29.2 Å². The largest absolute Gasteiger partial charge is 0.336 e. The first-order chi connectivity index (χ1) is 12.1. The van der Waals surface area contributed by atoms with Crippen LogP contribution in [-0.2, 0) is 9.59 Å². The first kappa shape index (κ1) is 15.8. The highest BCUT2D eigenvalue weighted by Crippen LogP contribution is 2.37. The van der Waals surface area contributed by atoms with Gasteiger partial charge in [0.2, 0.25) is 11.8 Å². The molecule has 0 radical (unpaired) electrons. The zero-order valence-corrected chi connectivity index (χ0v) is 13.7. The molecule has 0 bridgehead atoms. The lowest BCUT2D eigenvalue weighted by Gasteiger charge is -2.26. The molecule has 2 heterocycles. The van der Waals surface area contributed by atoms with Crippen molar-refractivity contribution in [3.8, 4) is 0 Å². The fraction of sp³-hybridized carbons (Fsp3) is 0.300. The number of nitrogens with one attached hydrogen (secondary N) is 1. The van der Waals surface area contributed by atoms with E-state index in [0.29, 0.717) is 6.54 Å². The molecule has 1 N–H and O–H groups in total. The Labute approximate surface area is 145 Å². The van der Waals surface area contributed by atoms with E-state index >= 15 is 0 Å². The maximum Gasteiger partial charge on any atom is 0.232 e. The molecule has 1 saturated heterocycles. The normalized spacial score (nSPS) is 22.0. The van der Waals surface area contributed by atoms with E-state index in [1.165, 1.54) is 12.1 Å². The molecule has 5 heteroatoms. The molecule has 25 heavy (non-hydrogen) atoms. The van der Waals surface area contributed by atoms with Gasteiger partial charge < -0.3 is 10.2 Å². The molecule has 2 aliphatic heterocycles. The molecule has 2 aromatic rings. The summed E-state index contributed by atoms with van der Waals surface area (Å²) < 4.78 is 13.2. The van der Waals surface area contributed by atoms with Crippen molar-refractivity contribution >= 4 is 17.5 Å². The molecular formula is C20H19FN2O2. The maximum atomic E-state index is 13.2. The van der Waals surface area contributed by atoms with Gasteiger partial charge in [0.15, 0.2) is 0 Å². The quantitative estimate of drug-likeness (QED) is 0.929. The lowest BCUT2D eigenvalue weighted by Crippen LogP contribution is -2.32. The number of amides is 2. The smallest absolute Gasteiger partial charge is 0.232 e. The molecule has 2 aliphatic rings. The van der Waals surface area contributed by atoms with Crippen LogP contribution in [0.1, 0.15) is 42.3 Å². The Bertz CT molecular complexity index is 819. The first-order valence-electron chi connectivity index (χ1n) is 8.58. The Morgan fingerprint density at radius 3 is 2.72 bits per heavy atom. The van der Waals surface area contributed by atoms with Crippen LogP contribution >= 0.6 is 0 Å². The zero-order chi connectivity index (χ0) is 17.4. The minimum absolute atomic E-state index is 0.0244. The van der Waals surface area contributed by atoms with E-state index in [1.54, 1.807) is 12.1 Å². The number of nitrogens with zero attached hydrogens (tertiary/aromatic N) is 1. The monoisotopic (exact) mass is 338 g/mol. The minimum atomic E-state index is -0.432. The molecule has 0 aliphatic carbocycles. The highest BCUT2D eigenvalue weighted by Gasteiger charge is 2.36. The number of hydrogen-bond acceptors (Lipinski definition) is 2. The van der Waals surface area contributed by atoms with Gasteiger partial charge in [0, 0.05) is 18.7 Å². The average molecular weight is 338 g/mol. The van der Waals surface area contributed by atoms with Crippen LogP contribution in [-0.4, -0.2) is 23.3 Å². The van der Waals surface area contributed by atoms with E-state index in [9.17, 15) is 14.0 Å². The highest BCUT2D eigenvalue weighted by molar-refractivity contribution is 6.04. The van der Waals surface area contributed by atoms with Crippen molar-refractivity contribution in [2.24, 2.45) is 0 Å². The molecular weight excluding hydrogens is 319 g/mol. The highest BCUT2D eigenvalue weighted by atomic mass is 19.1. The number of halogens is 1. The molecule has 4 nitrogen and oxygen atoms in total. The summed E-state index contributed by atoms with van der Waals surface area (Å²) in [4.78, 5) is 27.0. The molecule has 1 fully saturated rings. The summed E-state index contributed by atoms with van der Waals surface area (Å²) in [5.41, 5.74) is 2.63. The van der Waals surface area contributed by atoms with Crippen LogP contribution in [0.2, 0.25) is 0 Å². The summed E-state index contributed by atoms with van der Waals surface area (Å²) in [5, 5.41) is 2.84. The number of para-hydroxylation sites is 1. The summed E-state index contributed by atoms with van der Waals surface area (Å²) in [6.45, 7) is 0.677. The summed E-state index contributed by atoms with van der Waals surface area (Å²) in [6, 6.07) is 13.8. The van der Waals surface area contributed by atoms with Gasteiger partial charge in [0.05, 0.1) is 12.0 Å². The summed E-state index contributed by atoms with van der Waals surface area (Å²) >= 11 is 0. The topological polar surface area (TPSA) is 49.4 Å². The Hall–Kier alpha value is -2.69. The van der Waals surface area contributed by atoms with E-state index in [-0.39, 0.29) is 30.1 Å². The van der Waals surface area contributed by atoms with Crippen molar-refractivity contribution in [1.29, 1.82) is 0 Å². The van der Waals surface area contributed by atoms with Gasteiger partial charge in [-0.3, -0.25) is 9.59 Å². The number of fused-ring (bicyclic) bond motifs is 1. The molecule has 0 saturated carbocycles. The molecule has 2 atom stereocenters. The van der Waals surface area contributed by atoms with Crippen molar-refractivity contribution in [2.45, 2.75) is 31.2 Å². The minimum Gasteiger partial charge on any atom is -0.336 e.